The summed E-state index contributed by atoms with van der Waals surface area (Å²) >= 11 is 1.43. The first-order valence-corrected chi connectivity index (χ1v) is 24.2. The van der Waals surface area contributed by atoms with E-state index in [1.165, 1.54) is 11.8 Å². The van der Waals surface area contributed by atoms with Gasteiger partial charge in [-0.1, -0.05) is 80.1 Å². The summed E-state index contributed by atoms with van der Waals surface area (Å²) in [6.07, 6.45) is 6.60. The van der Waals surface area contributed by atoms with Crippen LogP contribution in [0.15, 0.2) is 90.2 Å². The lowest BCUT2D eigenvalue weighted by Gasteiger charge is -2.27. The van der Waals surface area contributed by atoms with Crippen molar-refractivity contribution >= 4 is 75.0 Å². The number of amides is 6. The minimum atomic E-state index is -1.24. The topological polar surface area (TPSA) is 311 Å². The number of hydrogen-bond donors (Lipinski definition) is 11. The monoisotopic (exact) mass is 950 g/mol. The van der Waals surface area contributed by atoms with Gasteiger partial charge in [0.15, 0.2) is 5.96 Å². The number of hydrogen-bond acceptors (Lipinski definition) is 10. The highest BCUT2D eigenvalue weighted by Gasteiger charge is 2.33. The number of aromatic nitrogens is 2. The van der Waals surface area contributed by atoms with E-state index < -0.39 is 71.7 Å². The van der Waals surface area contributed by atoms with Crippen LogP contribution in [0.3, 0.4) is 0 Å². The molecule has 0 saturated heterocycles. The predicted molar refractivity (Wildman–Crippen MR) is 268 cm³/mol. The Balaban J connectivity index is 1.33. The van der Waals surface area contributed by atoms with Crippen molar-refractivity contribution in [1.29, 1.82) is 0 Å². The van der Waals surface area contributed by atoms with Crippen LogP contribution in [-0.4, -0.2) is 106 Å². The van der Waals surface area contributed by atoms with Crippen molar-refractivity contribution in [2.24, 2.45) is 33.8 Å². The molecular formula is C49H66N12O6S. The Morgan fingerprint density at radius 1 is 0.618 bits per heavy atom. The molecule has 2 aromatic heterocycles. The summed E-state index contributed by atoms with van der Waals surface area (Å²) in [5.41, 5.74) is 28.5. The number of H-pyrrole nitrogens is 2. The standard InChI is InChI=1S/C49H66N12O6S/c1-28(2)22-40(60-47(66)41(24-31-26-55-37-13-7-5-10-33(31)37)59-44(63)36(51)23-30-17-15-29(3)16-18-30)46(65)57-39(19-21-68-4)45(64)61-48(67)42(25-32-27-56-38-14-8-6-11-34(32)38)58-43(62)35(50)12-9-20-54-49(52)53/h5-8,10-11,13-18,26-28,35-36,39-42,55-56H,9,12,19-25,50-51H2,1-4H3,(H,57,65)(H,58,62)(H,59,63)(H,60,66)(H4,52,53,54)(H,61,64,67). The average molecular weight is 951 g/mol. The van der Waals surface area contributed by atoms with E-state index in [9.17, 15) is 28.8 Å². The Bertz CT molecular complexity index is 2540. The fourth-order valence-corrected chi connectivity index (χ4v) is 8.26. The van der Waals surface area contributed by atoms with Crippen LogP contribution in [0, 0.1) is 12.8 Å². The van der Waals surface area contributed by atoms with Crippen molar-refractivity contribution in [3.8, 4) is 0 Å². The highest BCUT2D eigenvalue weighted by atomic mass is 32.2. The molecule has 0 aliphatic rings. The van der Waals surface area contributed by atoms with Crippen LogP contribution < -0.4 is 49.5 Å². The number of carbonyl (C=O) groups excluding carboxylic acids is 6. The summed E-state index contributed by atoms with van der Waals surface area (Å²) in [4.78, 5) is 94.1. The van der Waals surface area contributed by atoms with Crippen molar-refractivity contribution < 1.29 is 28.8 Å². The van der Waals surface area contributed by atoms with Gasteiger partial charge >= 0.3 is 0 Å². The van der Waals surface area contributed by atoms with Crippen LogP contribution in [0.1, 0.15) is 61.8 Å². The lowest BCUT2D eigenvalue weighted by atomic mass is 9.99. The maximum atomic E-state index is 14.4. The van der Waals surface area contributed by atoms with E-state index in [0.29, 0.717) is 17.7 Å². The zero-order chi connectivity index (χ0) is 49.3. The highest BCUT2D eigenvalue weighted by Crippen LogP contribution is 2.21. The van der Waals surface area contributed by atoms with Crippen molar-refractivity contribution in [1.82, 2.24) is 36.6 Å². The molecule has 6 unspecified atom stereocenters. The first-order valence-electron chi connectivity index (χ1n) is 22.8. The molecule has 5 aromatic rings. The van der Waals surface area contributed by atoms with E-state index in [4.69, 9.17) is 22.9 Å². The van der Waals surface area contributed by atoms with Crippen LogP contribution in [0.5, 0.6) is 0 Å². The van der Waals surface area contributed by atoms with Gasteiger partial charge in [-0.15, -0.1) is 0 Å². The fourth-order valence-electron chi connectivity index (χ4n) is 7.79. The van der Waals surface area contributed by atoms with E-state index in [1.54, 1.807) is 12.4 Å². The van der Waals surface area contributed by atoms with Crippen LogP contribution in [0.2, 0.25) is 0 Å². The summed E-state index contributed by atoms with van der Waals surface area (Å²) in [6, 6.07) is 16.0. The molecule has 364 valence electrons. The first kappa shape index (κ1) is 52.3. The van der Waals surface area contributed by atoms with Gasteiger partial charge in [0.1, 0.15) is 24.2 Å². The number of thioether (sulfide) groups is 1. The quantitative estimate of drug-likeness (QED) is 0.0229. The zero-order valence-corrected chi connectivity index (χ0v) is 39.9. The van der Waals surface area contributed by atoms with Crippen molar-refractivity contribution in [3.05, 3.63) is 107 Å². The number of nitrogens with zero attached hydrogens (tertiary/aromatic N) is 1. The number of aromatic amines is 2. The molecule has 0 aliphatic carbocycles. The minimum absolute atomic E-state index is 0.00697. The zero-order valence-electron chi connectivity index (χ0n) is 39.1. The normalized spacial score (nSPS) is 14.0. The molecule has 0 aliphatic heterocycles. The maximum Gasteiger partial charge on any atom is 0.249 e. The summed E-state index contributed by atoms with van der Waals surface area (Å²) in [5, 5.41) is 15.3. The molecule has 5 rings (SSSR count). The van der Waals surface area contributed by atoms with Crippen LogP contribution in [0.4, 0.5) is 0 Å². The number of imide groups is 1. The fraction of sp³-hybridized carbons (Fsp3) is 0.408. The molecule has 18 nitrogen and oxygen atoms in total. The molecule has 0 fully saturated rings. The predicted octanol–water partition coefficient (Wildman–Crippen LogP) is 2.07. The van der Waals surface area contributed by atoms with Crippen LogP contribution >= 0.6 is 11.8 Å². The Labute approximate surface area is 400 Å². The number of aliphatic imine (C=N–C) groups is 1. The van der Waals surface area contributed by atoms with E-state index in [2.05, 4.69) is 41.5 Å². The molecule has 0 saturated carbocycles. The first-order chi connectivity index (χ1) is 32.5. The van der Waals surface area contributed by atoms with Gasteiger partial charge in [0.25, 0.3) is 0 Å². The molecule has 6 amide bonds. The number of nitrogens with two attached hydrogens (primary N) is 4. The van der Waals surface area contributed by atoms with Crippen molar-refractivity contribution in [3.63, 3.8) is 0 Å². The van der Waals surface area contributed by atoms with Gasteiger partial charge in [-0.2, -0.15) is 11.8 Å². The second-order valence-electron chi connectivity index (χ2n) is 17.5. The number of nitrogens with one attached hydrogen (secondary N) is 7. The van der Waals surface area contributed by atoms with E-state index in [-0.39, 0.29) is 56.9 Å². The van der Waals surface area contributed by atoms with Crippen LogP contribution in [-0.2, 0) is 48.0 Å². The highest BCUT2D eigenvalue weighted by molar-refractivity contribution is 7.98. The third kappa shape index (κ3) is 15.4. The summed E-state index contributed by atoms with van der Waals surface area (Å²) in [5.74, 6) is -3.82. The average Bonchev–Trinajstić information content (AvgIpc) is 3.92. The number of fused-ring (bicyclic) bond motifs is 2. The van der Waals surface area contributed by atoms with Gasteiger partial charge in [0, 0.05) is 53.6 Å². The van der Waals surface area contributed by atoms with E-state index in [0.717, 1.165) is 38.5 Å². The third-order valence-corrected chi connectivity index (χ3v) is 12.2. The summed E-state index contributed by atoms with van der Waals surface area (Å²) in [7, 11) is 0. The maximum absolute atomic E-state index is 14.4. The van der Waals surface area contributed by atoms with Gasteiger partial charge in [-0.05, 0) is 85.8 Å². The Morgan fingerprint density at radius 3 is 1.68 bits per heavy atom. The molecule has 0 spiro atoms. The second-order valence-corrected chi connectivity index (χ2v) is 18.5. The van der Waals surface area contributed by atoms with Gasteiger partial charge in [-0.25, -0.2) is 0 Å². The molecular weight excluding hydrogens is 885 g/mol. The molecule has 2 heterocycles. The van der Waals surface area contributed by atoms with E-state index in [1.807, 2.05) is 99.8 Å². The summed E-state index contributed by atoms with van der Waals surface area (Å²) < 4.78 is 0. The molecule has 0 bridgehead atoms. The second kappa shape index (κ2) is 25.4. The SMILES string of the molecule is CSCCC(NC(=O)C(CC(C)C)NC(=O)C(Cc1c[nH]c2ccccc12)NC(=O)C(N)Cc1ccc(C)cc1)C(=O)NC(=O)C(Cc1c[nH]c2ccccc12)NC(=O)C(N)CCCN=C(N)N. The van der Waals surface area contributed by atoms with Gasteiger partial charge in [0.05, 0.1) is 12.1 Å². The number of carbonyl (C=O) groups is 6. The largest absolute Gasteiger partial charge is 0.370 e. The Morgan fingerprint density at radius 2 is 1.12 bits per heavy atom. The molecule has 15 N–H and O–H groups in total. The molecule has 6 atom stereocenters. The Hall–Kier alpha value is -6.70. The molecule has 3 aromatic carbocycles. The van der Waals surface area contributed by atoms with Crippen LogP contribution in [0.25, 0.3) is 21.8 Å². The third-order valence-electron chi connectivity index (χ3n) is 11.5. The number of aryl methyl sites for hydroxylation is 1. The van der Waals surface area contributed by atoms with Gasteiger partial charge < -0.3 is 54.2 Å². The number of benzene rings is 3. The summed E-state index contributed by atoms with van der Waals surface area (Å²) in [6.45, 7) is 5.99. The smallest absolute Gasteiger partial charge is 0.249 e. The van der Waals surface area contributed by atoms with Gasteiger partial charge in [-0.3, -0.25) is 39.1 Å². The lowest BCUT2D eigenvalue weighted by Crippen LogP contribution is -2.59. The number of rotatable bonds is 25. The molecule has 19 heteroatoms. The van der Waals surface area contributed by atoms with Crippen molar-refractivity contribution in [2.75, 3.05) is 18.6 Å². The number of guanidine groups is 1. The van der Waals surface area contributed by atoms with Crippen molar-refractivity contribution in [2.45, 2.75) is 102 Å². The Kier molecular flexibility index (Phi) is 19.6. The molecule has 0 radical (unpaired) electrons. The van der Waals surface area contributed by atoms with E-state index >= 15 is 0 Å². The number of para-hydroxylation sites is 2. The van der Waals surface area contributed by atoms with Gasteiger partial charge in [0.2, 0.25) is 35.4 Å². The molecule has 68 heavy (non-hydrogen) atoms. The lowest BCUT2D eigenvalue weighted by molar-refractivity contribution is -0.137. The minimum Gasteiger partial charge on any atom is -0.370 e.